The van der Waals surface area contributed by atoms with Gasteiger partial charge in [-0.3, -0.25) is 0 Å². The van der Waals surface area contributed by atoms with Crippen molar-refractivity contribution in [1.29, 1.82) is 0 Å². The van der Waals surface area contributed by atoms with Crippen molar-refractivity contribution in [3.8, 4) is 11.3 Å². The molecule has 20 heavy (non-hydrogen) atoms. The highest BCUT2D eigenvalue weighted by Crippen LogP contribution is 2.34. The molecule has 0 amide bonds. The van der Waals surface area contributed by atoms with Gasteiger partial charge >= 0.3 is 0 Å². The zero-order valence-corrected chi connectivity index (χ0v) is 12.0. The Morgan fingerprint density at radius 1 is 1.00 bits per heavy atom. The van der Waals surface area contributed by atoms with Crippen LogP contribution >= 0.6 is 0 Å². The lowest BCUT2D eigenvalue weighted by atomic mass is 9.84. The molecule has 1 saturated carbocycles. The molecule has 0 atom stereocenters. The number of hydrogen-bond donors (Lipinski definition) is 1. The maximum absolute atomic E-state index is 6.07. The normalized spacial score (nSPS) is 16.2. The van der Waals surface area contributed by atoms with Crippen molar-refractivity contribution in [2.75, 3.05) is 5.73 Å². The van der Waals surface area contributed by atoms with Crippen LogP contribution in [0, 0.1) is 6.92 Å². The lowest BCUT2D eigenvalue weighted by molar-refractivity contribution is 0.443. The van der Waals surface area contributed by atoms with Crippen LogP contribution in [0.4, 0.5) is 5.69 Å². The predicted molar refractivity (Wildman–Crippen MR) is 82.4 cm³/mol. The van der Waals surface area contributed by atoms with Crippen molar-refractivity contribution >= 4 is 5.69 Å². The van der Waals surface area contributed by atoms with Gasteiger partial charge in [0.15, 0.2) is 0 Å². The predicted octanol–water partition coefficient (Wildman–Crippen LogP) is 4.08. The van der Waals surface area contributed by atoms with Crippen LogP contribution < -0.4 is 5.73 Å². The molecule has 1 heterocycles. The Labute approximate surface area is 120 Å². The van der Waals surface area contributed by atoms with Gasteiger partial charge in [-0.05, 0) is 31.2 Å². The molecule has 3 rings (SSSR count). The Morgan fingerprint density at radius 2 is 1.70 bits per heavy atom. The van der Waals surface area contributed by atoms with Crippen molar-refractivity contribution < 1.29 is 0 Å². The molecule has 3 heteroatoms. The molecule has 1 aliphatic carbocycles. The summed E-state index contributed by atoms with van der Waals surface area (Å²) in [5.74, 6) is 0.738. The first-order chi connectivity index (χ1) is 9.75. The number of aryl methyl sites for hydroxylation is 1. The van der Waals surface area contributed by atoms with E-state index in [1.807, 2.05) is 6.92 Å². The van der Waals surface area contributed by atoms with Gasteiger partial charge < -0.3 is 5.73 Å². The average molecular weight is 267 g/mol. The van der Waals surface area contributed by atoms with E-state index < -0.39 is 0 Å². The molecule has 0 spiro atoms. The van der Waals surface area contributed by atoms with Crippen LogP contribution in [0.1, 0.15) is 49.3 Å². The van der Waals surface area contributed by atoms with E-state index in [2.05, 4.69) is 34.2 Å². The molecule has 0 aliphatic heterocycles. The number of benzene rings is 1. The minimum Gasteiger partial charge on any atom is -0.395 e. The maximum Gasteiger partial charge on any atom is 0.116 e. The van der Waals surface area contributed by atoms with E-state index in [9.17, 15) is 0 Å². The second-order valence-electron chi connectivity index (χ2n) is 5.68. The molecule has 0 unspecified atom stereocenters. The highest BCUT2D eigenvalue weighted by molar-refractivity contribution is 5.73. The van der Waals surface area contributed by atoms with Gasteiger partial charge in [0.1, 0.15) is 6.33 Å². The summed E-state index contributed by atoms with van der Waals surface area (Å²) in [4.78, 5) is 8.44. The Balaban J connectivity index is 1.87. The molecule has 2 aromatic rings. The average Bonchev–Trinajstić information content (AvgIpc) is 2.51. The highest BCUT2D eigenvalue weighted by Gasteiger charge is 2.15. The summed E-state index contributed by atoms with van der Waals surface area (Å²) in [5, 5.41) is 0. The number of anilines is 1. The minimum absolute atomic E-state index is 0.679. The fourth-order valence-electron chi connectivity index (χ4n) is 3.06. The molecular weight excluding hydrogens is 246 g/mol. The van der Waals surface area contributed by atoms with Crippen molar-refractivity contribution in [3.63, 3.8) is 0 Å². The summed E-state index contributed by atoms with van der Waals surface area (Å²) in [6, 6.07) is 8.76. The zero-order chi connectivity index (χ0) is 13.9. The summed E-state index contributed by atoms with van der Waals surface area (Å²) in [6.45, 7) is 1.91. The van der Waals surface area contributed by atoms with Gasteiger partial charge in [0.05, 0.1) is 17.1 Å². The van der Waals surface area contributed by atoms with Crippen LogP contribution in [0.25, 0.3) is 11.3 Å². The summed E-state index contributed by atoms with van der Waals surface area (Å²) in [6.07, 6.45) is 8.36. The van der Waals surface area contributed by atoms with Gasteiger partial charge in [-0.25, -0.2) is 9.97 Å². The molecular formula is C17H21N3. The number of nitrogens with two attached hydrogens (primary N) is 1. The van der Waals surface area contributed by atoms with E-state index in [0.29, 0.717) is 5.69 Å². The van der Waals surface area contributed by atoms with Crippen LogP contribution in [0.3, 0.4) is 0 Å². The Bertz CT molecular complexity index is 584. The summed E-state index contributed by atoms with van der Waals surface area (Å²) < 4.78 is 0. The standard InChI is InChI=1S/C17H21N3/c1-12-16(18)17(20-11-19-12)15-9-7-14(8-10-15)13-5-3-2-4-6-13/h7-11,13H,2-6,18H2,1H3. The third-order valence-electron chi connectivity index (χ3n) is 4.34. The third-order valence-corrected chi connectivity index (χ3v) is 4.34. The topological polar surface area (TPSA) is 51.8 Å². The van der Waals surface area contributed by atoms with E-state index in [1.165, 1.54) is 37.7 Å². The molecule has 104 valence electrons. The van der Waals surface area contributed by atoms with Gasteiger partial charge in [0.25, 0.3) is 0 Å². The fraction of sp³-hybridized carbons (Fsp3) is 0.412. The van der Waals surface area contributed by atoms with Gasteiger partial charge in [0, 0.05) is 5.56 Å². The molecule has 1 aliphatic rings. The van der Waals surface area contributed by atoms with Gasteiger partial charge in [-0.2, -0.15) is 0 Å². The van der Waals surface area contributed by atoms with E-state index >= 15 is 0 Å². The van der Waals surface area contributed by atoms with Crippen LogP contribution in [0.5, 0.6) is 0 Å². The Hall–Kier alpha value is -1.90. The third kappa shape index (κ3) is 2.53. The SMILES string of the molecule is Cc1ncnc(-c2ccc(C3CCCCC3)cc2)c1N. The number of rotatable bonds is 2. The van der Waals surface area contributed by atoms with E-state index in [-0.39, 0.29) is 0 Å². The second-order valence-corrected chi connectivity index (χ2v) is 5.68. The smallest absolute Gasteiger partial charge is 0.116 e. The number of aromatic nitrogens is 2. The second kappa shape index (κ2) is 5.61. The highest BCUT2D eigenvalue weighted by atomic mass is 14.9. The molecule has 1 aromatic heterocycles. The maximum atomic E-state index is 6.07. The monoisotopic (exact) mass is 267 g/mol. The molecule has 0 radical (unpaired) electrons. The van der Waals surface area contributed by atoms with Crippen LogP contribution in [-0.2, 0) is 0 Å². The van der Waals surface area contributed by atoms with E-state index in [0.717, 1.165) is 22.9 Å². The van der Waals surface area contributed by atoms with E-state index in [1.54, 1.807) is 6.33 Å². The first-order valence-electron chi connectivity index (χ1n) is 7.43. The number of nitrogens with zero attached hydrogens (tertiary/aromatic N) is 2. The molecule has 1 aromatic carbocycles. The van der Waals surface area contributed by atoms with Gasteiger partial charge in [-0.15, -0.1) is 0 Å². The first-order valence-corrected chi connectivity index (χ1v) is 7.43. The van der Waals surface area contributed by atoms with Crippen LogP contribution in [0.15, 0.2) is 30.6 Å². The van der Waals surface area contributed by atoms with Crippen molar-refractivity contribution in [2.45, 2.75) is 44.9 Å². The van der Waals surface area contributed by atoms with Crippen molar-refractivity contribution in [1.82, 2.24) is 9.97 Å². The molecule has 2 N–H and O–H groups in total. The van der Waals surface area contributed by atoms with Gasteiger partial charge in [-0.1, -0.05) is 43.5 Å². The molecule has 0 bridgehead atoms. The van der Waals surface area contributed by atoms with Crippen molar-refractivity contribution in [2.24, 2.45) is 0 Å². The molecule has 1 fully saturated rings. The summed E-state index contributed by atoms with van der Waals surface area (Å²) in [7, 11) is 0. The Morgan fingerprint density at radius 3 is 2.40 bits per heavy atom. The van der Waals surface area contributed by atoms with E-state index in [4.69, 9.17) is 5.73 Å². The summed E-state index contributed by atoms with van der Waals surface area (Å²) >= 11 is 0. The Kier molecular flexibility index (Phi) is 3.68. The summed E-state index contributed by atoms with van der Waals surface area (Å²) in [5.41, 5.74) is 11.0. The first kappa shape index (κ1) is 13.1. The fourth-order valence-corrected chi connectivity index (χ4v) is 3.06. The van der Waals surface area contributed by atoms with Crippen molar-refractivity contribution in [3.05, 3.63) is 41.9 Å². The molecule has 3 nitrogen and oxygen atoms in total. The lowest BCUT2D eigenvalue weighted by Crippen LogP contribution is -2.04. The quantitative estimate of drug-likeness (QED) is 0.892. The number of hydrogen-bond acceptors (Lipinski definition) is 3. The lowest BCUT2D eigenvalue weighted by Gasteiger charge is -2.22. The van der Waals surface area contributed by atoms with Crippen LogP contribution in [0.2, 0.25) is 0 Å². The van der Waals surface area contributed by atoms with Gasteiger partial charge in [0.2, 0.25) is 0 Å². The van der Waals surface area contributed by atoms with Crippen LogP contribution in [-0.4, -0.2) is 9.97 Å². The zero-order valence-electron chi connectivity index (χ0n) is 12.0. The minimum atomic E-state index is 0.679. The largest absolute Gasteiger partial charge is 0.395 e. The molecule has 0 saturated heterocycles. The number of nitrogen functional groups attached to an aromatic ring is 1.